The summed E-state index contributed by atoms with van der Waals surface area (Å²) < 4.78 is 10.2. The highest BCUT2D eigenvalue weighted by Gasteiger charge is 2.28. The second kappa shape index (κ2) is 6.36. The number of methoxy groups -OCH3 is 1. The zero-order valence-corrected chi connectivity index (χ0v) is 12.5. The standard InChI is InChI=1S/C14H21N5O2/c1-10-11(7-15-21-10)8-19-6-4-3-5-12(19)14-16-13(9-20-2)17-18-14/h7,12H,3-6,8-9H2,1-2H3,(H,16,17,18). The molecule has 1 saturated heterocycles. The van der Waals surface area contributed by atoms with Gasteiger partial charge in [-0.1, -0.05) is 11.6 Å². The van der Waals surface area contributed by atoms with Gasteiger partial charge in [-0.2, -0.15) is 5.10 Å². The molecule has 1 unspecified atom stereocenters. The monoisotopic (exact) mass is 291 g/mol. The molecule has 3 rings (SSSR count). The quantitative estimate of drug-likeness (QED) is 0.907. The largest absolute Gasteiger partial charge is 0.377 e. The van der Waals surface area contributed by atoms with Gasteiger partial charge in [-0.3, -0.25) is 10.00 Å². The van der Waals surface area contributed by atoms with Gasteiger partial charge in [0.25, 0.3) is 0 Å². The van der Waals surface area contributed by atoms with Crippen LogP contribution < -0.4 is 0 Å². The SMILES string of the molecule is COCc1nc(C2CCCCN2Cc2cnoc2C)n[nH]1. The van der Waals surface area contributed by atoms with Crippen molar-refractivity contribution >= 4 is 0 Å². The molecular weight excluding hydrogens is 270 g/mol. The van der Waals surface area contributed by atoms with Gasteiger partial charge >= 0.3 is 0 Å². The molecule has 0 spiro atoms. The summed E-state index contributed by atoms with van der Waals surface area (Å²) in [5, 5.41) is 11.2. The van der Waals surface area contributed by atoms with E-state index in [0.717, 1.165) is 42.5 Å². The number of nitrogens with one attached hydrogen (secondary N) is 1. The summed E-state index contributed by atoms with van der Waals surface area (Å²) in [4.78, 5) is 6.96. The lowest BCUT2D eigenvalue weighted by Gasteiger charge is -2.33. The summed E-state index contributed by atoms with van der Waals surface area (Å²) >= 11 is 0. The number of H-pyrrole nitrogens is 1. The summed E-state index contributed by atoms with van der Waals surface area (Å²) in [6.45, 7) is 4.28. The highest BCUT2D eigenvalue weighted by molar-refractivity contribution is 5.12. The third-order valence-electron chi connectivity index (χ3n) is 3.97. The number of hydrogen-bond acceptors (Lipinski definition) is 6. The number of rotatable bonds is 5. The Balaban J connectivity index is 1.75. The van der Waals surface area contributed by atoms with Crippen LogP contribution in [0, 0.1) is 6.92 Å². The van der Waals surface area contributed by atoms with E-state index in [1.165, 1.54) is 12.8 Å². The van der Waals surface area contributed by atoms with Crippen LogP contribution in [-0.4, -0.2) is 38.9 Å². The minimum atomic E-state index is 0.245. The van der Waals surface area contributed by atoms with Crippen molar-refractivity contribution in [3.63, 3.8) is 0 Å². The number of aromatic nitrogens is 4. The molecule has 0 bridgehead atoms. The Morgan fingerprint density at radius 2 is 2.38 bits per heavy atom. The van der Waals surface area contributed by atoms with Gasteiger partial charge in [0.05, 0.1) is 12.2 Å². The Bertz CT molecular complexity index is 579. The molecule has 0 aromatic carbocycles. The minimum Gasteiger partial charge on any atom is -0.377 e. The first-order chi connectivity index (χ1) is 10.3. The van der Waals surface area contributed by atoms with E-state index in [0.29, 0.717) is 6.61 Å². The molecule has 2 aromatic rings. The fourth-order valence-corrected chi connectivity index (χ4v) is 2.82. The van der Waals surface area contributed by atoms with Gasteiger partial charge < -0.3 is 9.26 Å². The van der Waals surface area contributed by atoms with Gasteiger partial charge in [0.2, 0.25) is 0 Å². The molecule has 0 saturated carbocycles. The average molecular weight is 291 g/mol. The normalized spacial score (nSPS) is 20.0. The molecule has 2 aromatic heterocycles. The van der Waals surface area contributed by atoms with Crippen LogP contribution in [0.5, 0.6) is 0 Å². The topological polar surface area (TPSA) is 80.1 Å². The van der Waals surface area contributed by atoms with Crippen LogP contribution in [0.15, 0.2) is 10.7 Å². The molecule has 7 nitrogen and oxygen atoms in total. The van der Waals surface area contributed by atoms with Crippen molar-refractivity contribution in [2.24, 2.45) is 0 Å². The first-order valence-electron chi connectivity index (χ1n) is 7.32. The number of piperidine rings is 1. The van der Waals surface area contributed by atoms with Gasteiger partial charge in [-0.15, -0.1) is 0 Å². The highest BCUT2D eigenvalue weighted by Crippen LogP contribution is 2.30. The van der Waals surface area contributed by atoms with Crippen molar-refractivity contribution in [1.29, 1.82) is 0 Å². The fourth-order valence-electron chi connectivity index (χ4n) is 2.82. The van der Waals surface area contributed by atoms with Crippen LogP contribution in [-0.2, 0) is 17.9 Å². The molecular formula is C14H21N5O2. The molecule has 0 amide bonds. The van der Waals surface area contributed by atoms with Crippen LogP contribution in [0.1, 0.15) is 48.3 Å². The zero-order chi connectivity index (χ0) is 14.7. The molecule has 1 N–H and O–H groups in total. The summed E-state index contributed by atoms with van der Waals surface area (Å²) in [5.41, 5.74) is 1.13. The first kappa shape index (κ1) is 14.2. The predicted octanol–water partition coefficient (Wildman–Crippen LogP) is 1.97. The molecule has 1 fully saturated rings. The van der Waals surface area contributed by atoms with Crippen molar-refractivity contribution < 1.29 is 9.26 Å². The summed E-state index contributed by atoms with van der Waals surface area (Å²) in [6.07, 6.45) is 5.29. The lowest BCUT2D eigenvalue weighted by Crippen LogP contribution is -2.33. The highest BCUT2D eigenvalue weighted by atomic mass is 16.5. The van der Waals surface area contributed by atoms with Crippen LogP contribution in [0.3, 0.4) is 0 Å². The second-order valence-electron chi connectivity index (χ2n) is 5.46. The van der Waals surface area contributed by atoms with Crippen molar-refractivity contribution in [3.8, 4) is 0 Å². The maximum atomic E-state index is 5.15. The van der Waals surface area contributed by atoms with Gasteiger partial charge in [-0.05, 0) is 26.3 Å². The maximum Gasteiger partial charge on any atom is 0.167 e. The molecule has 21 heavy (non-hydrogen) atoms. The van der Waals surface area contributed by atoms with E-state index in [1.807, 2.05) is 6.92 Å². The summed E-state index contributed by atoms with van der Waals surface area (Å²) in [6, 6.07) is 0.245. The smallest absolute Gasteiger partial charge is 0.167 e. The van der Waals surface area contributed by atoms with Crippen LogP contribution in [0.25, 0.3) is 0 Å². The molecule has 7 heteroatoms. The third-order valence-corrected chi connectivity index (χ3v) is 3.97. The predicted molar refractivity (Wildman–Crippen MR) is 75.3 cm³/mol. The van der Waals surface area contributed by atoms with E-state index in [1.54, 1.807) is 13.3 Å². The molecule has 1 atom stereocenters. The number of nitrogens with zero attached hydrogens (tertiary/aromatic N) is 4. The number of likely N-dealkylation sites (tertiary alicyclic amines) is 1. The fraction of sp³-hybridized carbons (Fsp3) is 0.643. The first-order valence-corrected chi connectivity index (χ1v) is 7.32. The average Bonchev–Trinajstić information content (AvgIpc) is 3.10. The molecule has 0 aliphatic carbocycles. The number of ether oxygens (including phenoxy) is 1. The number of aryl methyl sites for hydroxylation is 1. The molecule has 1 aliphatic rings. The van der Waals surface area contributed by atoms with Crippen molar-refractivity contribution in [3.05, 3.63) is 29.2 Å². The van der Waals surface area contributed by atoms with Gasteiger partial charge in [-0.25, -0.2) is 4.98 Å². The summed E-state index contributed by atoms with van der Waals surface area (Å²) in [7, 11) is 1.66. The maximum absolute atomic E-state index is 5.15. The zero-order valence-electron chi connectivity index (χ0n) is 12.5. The Morgan fingerprint density at radius 3 is 3.14 bits per heavy atom. The Labute approximate surface area is 123 Å². The lowest BCUT2D eigenvalue weighted by molar-refractivity contribution is 0.133. The molecule has 1 aliphatic heterocycles. The third kappa shape index (κ3) is 3.14. The van der Waals surface area contributed by atoms with Crippen molar-refractivity contribution in [1.82, 2.24) is 25.2 Å². The van der Waals surface area contributed by atoms with Gasteiger partial charge in [0, 0.05) is 19.2 Å². The van der Waals surface area contributed by atoms with Crippen LogP contribution in [0.2, 0.25) is 0 Å². The van der Waals surface area contributed by atoms with E-state index in [9.17, 15) is 0 Å². The number of hydrogen-bond donors (Lipinski definition) is 1. The summed E-state index contributed by atoms with van der Waals surface area (Å²) in [5.74, 6) is 2.52. The van der Waals surface area contributed by atoms with Gasteiger partial charge in [0.1, 0.15) is 12.4 Å². The molecule has 114 valence electrons. The molecule has 0 radical (unpaired) electrons. The van der Waals surface area contributed by atoms with Crippen LogP contribution >= 0.6 is 0 Å². The van der Waals surface area contributed by atoms with E-state index >= 15 is 0 Å². The Kier molecular flexibility index (Phi) is 4.31. The van der Waals surface area contributed by atoms with Crippen LogP contribution in [0.4, 0.5) is 0 Å². The van der Waals surface area contributed by atoms with E-state index in [-0.39, 0.29) is 6.04 Å². The van der Waals surface area contributed by atoms with Crippen molar-refractivity contribution in [2.75, 3.05) is 13.7 Å². The minimum absolute atomic E-state index is 0.245. The number of aromatic amines is 1. The van der Waals surface area contributed by atoms with E-state index < -0.39 is 0 Å². The van der Waals surface area contributed by atoms with Gasteiger partial charge in [0.15, 0.2) is 11.6 Å². The van der Waals surface area contributed by atoms with Crippen molar-refractivity contribution in [2.45, 2.75) is 45.4 Å². The van der Waals surface area contributed by atoms with E-state index in [4.69, 9.17) is 9.26 Å². The molecule has 3 heterocycles. The lowest BCUT2D eigenvalue weighted by atomic mass is 10.0. The Morgan fingerprint density at radius 1 is 1.48 bits per heavy atom. The van der Waals surface area contributed by atoms with E-state index in [2.05, 4.69) is 25.2 Å². The Hall–Kier alpha value is -1.73. The second-order valence-corrected chi connectivity index (χ2v) is 5.46.